The first kappa shape index (κ1) is 36.9. The molecule has 0 saturated carbocycles. The van der Waals surface area contributed by atoms with Gasteiger partial charge in [-0.15, -0.1) is 0 Å². The number of hydrogen-bond donors (Lipinski definition) is 6. The Morgan fingerprint density at radius 2 is 1.61 bits per heavy atom. The number of carbonyl (C=O) groups is 2. The Hall–Kier alpha value is -3.42. The summed E-state index contributed by atoms with van der Waals surface area (Å²) in [5, 5.41) is 61.8. The first-order chi connectivity index (χ1) is 23.4. The lowest BCUT2D eigenvalue weighted by molar-refractivity contribution is -0.341. The number of benzene rings is 1. The van der Waals surface area contributed by atoms with Crippen molar-refractivity contribution < 1.29 is 78.1 Å². The first-order valence-corrected chi connectivity index (χ1v) is 15.7. The highest BCUT2D eigenvalue weighted by atomic mass is 16.8. The van der Waals surface area contributed by atoms with Crippen molar-refractivity contribution in [2.75, 3.05) is 20.3 Å². The summed E-state index contributed by atoms with van der Waals surface area (Å²) in [6.07, 6.45) is -8.93. The normalized spacial score (nSPS) is 38.8. The van der Waals surface area contributed by atoms with Crippen molar-refractivity contribution in [1.82, 2.24) is 0 Å². The molecule has 3 aliphatic heterocycles. The van der Waals surface area contributed by atoms with E-state index in [-0.39, 0.29) is 0 Å². The van der Waals surface area contributed by atoms with Crippen LogP contribution in [0.1, 0.15) is 19.4 Å². The van der Waals surface area contributed by atoms with Crippen LogP contribution < -0.4 is 4.74 Å². The number of carbonyl (C=O) groups excluding carboxylic acids is 2. The molecule has 2 fully saturated rings. The summed E-state index contributed by atoms with van der Waals surface area (Å²) >= 11 is 0. The van der Waals surface area contributed by atoms with E-state index in [1.54, 1.807) is 43.3 Å². The number of ether oxygens (including phenoxy) is 8. The van der Waals surface area contributed by atoms with Gasteiger partial charge in [0.15, 0.2) is 24.8 Å². The molecule has 270 valence electrons. The molecule has 6 N–H and O–H groups in total. The fourth-order valence-corrected chi connectivity index (χ4v) is 6.28. The van der Waals surface area contributed by atoms with E-state index in [1.165, 1.54) is 25.5 Å². The Labute approximate surface area is 281 Å². The molecule has 0 bridgehead atoms. The van der Waals surface area contributed by atoms with Crippen LogP contribution in [0.15, 0.2) is 54.3 Å². The van der Waals surface area contributed by atoms with Crippen molar-refractivity contribution in [3.05, 3.63) is 59.9 Å². The number of aliphatic hydroxyl groups is 6. The average molecular weight is 695 g/mol. The van der Waals surface area contributed by atoms with Crippen LogP contribution in [0.2, 0.25) is 0 Å². The van der Waals surface area contributed by atoms with Gasteiger partial charge >= 0.3 is 11.9 Å². The van der Waals surface area contributed by atoms with Crippen LogP contribution >= 0.6 is 0 Å². The van der Waals surface area contributed by atoms with Crippen molar-refractivity contribution in [1.29, 1.82) is 0 Å². The summed E-state index contributed by atoms with van der Waals surface area (Å²) in [7, 11) is 1.54. The SMILES string of the molecule is COc1ccc(C=CC(=O)OC2C(C)OC(OC3C=C(CO)C4C(OC5OC(CO)C(O)C(O)C5O)OC=CC34)C(OC(C)=O)C2O)cc1. The molecule has 0 radical (unpaired) electrons. The van der Waals surface area contributed by atoms with E-state index in [0.717, 1.165) is 6.92 Å². The maximum absolute atomic E-state index is 12.7. The van der Waals surface area contributed by atoms with E-state index in [9.17, 15) is 40.2 Å². The quantitative estimate of drug-likeness (QED) is 0.0917. The molecule has 1 aromatic rings. The van der Waals surface area contributed by atoms with Gasteiger partial charge in [-0.25, -0.2) is 4.79 Å². The lowest BCUT2D eigenvalue weighted by Crippen LogP contribution is -2.61. The minimum Gasteiger partial charge on any atom is -0.497 e. The monoisotopic (exact) mass is 694 g/mol. The summed E-state index contributed by atoms with van der Waals surface area (Å²) < 4.78 is 45.3. The zero-order chi connectivity index (χ0) is 35.4. The lowest BCUT2D eigenvalue weighted by Gasteiger charge is -2.44. The van der Waals surface area contributed by atoms with Crippen LogP contribution in [0.5, 0.6) is 5.75 Å². The summed E-state index contributed by atoms with van der Waals surface area (Å²) in [5.74, 6) is -2.16. The largest absolute Gasteiger partial charge is 0.497 e. The van der Waals surface area contributed by atoms with Crippen LogP contribution in [-0.2, 0) is 42.7 Å². The van der Waals surface area contributed by atoms with Gasteiger partial charge in [0.1, 0.15) is 36.3 Å². The van der Waals surface area contributed by atoms with Crippen molar-refractivity contribution in [2.24, 2.45) is 11.8 Å². The van der Waals surface area contributed by atoms with Gasteiger partial charge in [0.05, 0.1) is 44.7 Å². The number of esters is 2. The van der Waals surface area contributed by atoms with Gasteiger partial charge in [-0.3, -0.25) is 4.79 Å². The minimum atomic E-state index is -1.69. The van der Waals surface area contributed by atoms with Crippen molar-refractivity contribution >= 4 is 18.0 Å². The molecule has 0 amide bonds. The van der Waals surface area contributed by atoms with E-state index in [0.29, 0.717) is 16.9 Å². The van der Waals surface area contributed by atoms with Gasteiger partial charge in [-0.2, -0.15) is 0 Å². The van der Waals surface area contributed by atoms with Crippen LogP contribution in [0.3, 0.4) is 0 Å². The topological polar surface area (TPSA) is 229 Å². The molecule has 5 rings (SSSR count). The fraction of sp³-hybridized carbons (Fsp3) is 0.576. The van der Waals surface area contributed by atoms with Gasteiger partial charge in [-0.1, -0.05) is 18.2 Å². The number of rotatable bonds is 11. The van der Waals surface area contributed by atoms with E-state index in [4.69, 9.17) is 37.9 Å². The van der Waals surface area contributed by atoms with Crippen LogP contribution in [-0.4, -0.2) is 137 Å². The first-order valence-electron chi connectivity index (χ1n) is 15.7. The van der Waals surface area contributed by atoms with Gasteiger partial charge in [-0.05, 0) is 42.3 Å². The lowest BCUT2D eigenvalue weighted by atomic mass is 9.88. The molecule has 14 unspecified atom stereocenters. The van der Waals surface area contributed by atoms with Crippen LogP contribution in [0, 0.1) is 11.8 Å². The van der Waals surface area contributed by atoms with Gasteiger partial charge in [0.2, 0.25) is 6.29 Å². The summed E-state index contributed by atoms with van der Waals surface area (Å²) in [5.41, 5.74) is 1.11. The molecule has 4 aliphatic rings. The molecule has 0 aromatic heterocycles. The Kier molecular flexibility index (Phi) is 12.1. The molecular weight excluding hydrogens is 652 g/mol. The van der Waals surface area contributed by atoms with E-state index >= 15 is 0 Å². The standard InChI is InChI=1S/C33H42O16/c1-15-29(48-23(37)9-6-17-4-7-19(42-3)8-5-17)28(41)30(45-16(2)36)33(44-15)46-21-12-18(13-34)24-20(21)10-11-43-31(24)49-32-27(40)26(39)25(38)22(14-35)47-32/h4-12,15,20-22,24-35,38-41H,13-14H2,1-3H3. The highest BCUT2D eigenvalue weighted by Gasteiger charge is 2.53. The maximum Gasteiger partial charge on any atom is 0.331 e. The predicted molar refractivity (Wildman–Crippen MR) is 164 cm³/mol. The third-order valence-electron chi connectivity index (χ3n) is 8.83. The molecule has 14 atom stereocenters. The third-order valence-corrected chi connectivity index (χ3v) is 8.83. The molecular formula is C33H42O16. The third kappa shape index (κ3) is 8.15. The maximum atomic E-state index is 12.7. The number of hydrogen-bond acceptors (Lipinski definition) is 16. The van der Waals surface area contributed by atoms with E-state index in [1.807, 2.05) is 0 Å². The second-order valence-electron chi connectivity index (χ2n) is 12.1. The summed E-state index contributed by atoms with van der Waals surface area (Å²) in [6.45, 7) is 1.58. The van der Waals surface area contributed by atoms with Gasteiger partial charge < -0.3 is 68.5 Å². The Morgan fingerprint density at radius 3 is 2.27 bits per heavy atom. The van der Waals surface area contributed by atoms with E-state index < -0.39 is 111 Å². The molecule has 0 spiro atoms. The van der Waals surface area contributed by atoms with Crippen molar-refractivity contribution in [2.45, 2.75) is 87.7 Å². The summed E-state index contributed by atoms with van der Waals surface area (Å²) in [4.78, 5) is 24.8. The molecule has 1 aromatic carbocycles. The minimum absolute atomic E-state index is 0.415. The van der Waals surface area contributed by atoms with Gasteiger partial charge in [0.25, 0.3) is 0 Å². The highest BCUT2D eigenvalue weighted by molar-refractivity contribution is 5.87. The molecule has 3 heterocycles. The number of methoxy groups -OCH3 is 1. The van der Waals surface area contributed by atoms with E-state index in [2.05, 4.69) is 0 Å². The van der Waals surface area contributed by atoms with Crippen molar-refractivity contribution in [3.8, 4) is 5.75 Å². The van der Waals surface area contributed by atoms with Crippen LogP contribution in [0.25, 0.3) is 6.08 Å². The number of fused-ring (bicyclic) bond motifs is 1. The Bertz CT molecular complexity index is 1380. The Balaban J connectivity index is 1.27. The van der Waals surface area contributed by atoms with Crippen LogP contribution in [0.4, 0.5) is 0 Å². The Morgan fingerprint density at radius 1 is 0.878 bits per heavy atom. The van der Waals surface area contributed by atoms with Gasteiger partial charge in [0, 0.05) is 18.9 Å². The highest BCUT2D eigenvalue weighted by Crippen LogP contribution is 2.43. The molecule has 2 saturated heterocycles. The zero-order valence-corrected chi connectivity index (χ0v) is 27.0. The molecule has 49 heavy (non-hydrogen) atoms. The molecule has 16 nitrogen and oxygen atoms in total. The molecule has 1 aliphatic carbocycles. The van der Waals surface area contributed by atoms with Crippen molar-refractivity contribution in [3.63, 3.8) is 0 Å². The summed E-state index contributed by atoms with van der Waals surface area (Å²) in [6, 6.07) is 6.93. The molecule has 16 heteroatoms. The second kappa shape index (κ2) is 16.1. The zero-order valence-electron chi connectivity index (χ0n) is 27.0. The average Bonchev–Trinajstić information content (AvgIpc) is 3.45. The fourth-order valence-electron chi connectivity index (χ4n) is 6.28. The number of aliphatic hydroxyl groups excluding tert-OH is 6. The smallest absolute Gasteiger partial charge is 0.331 e. The predicted octanol–water partition coefficient (Wildman–Crippen LogP) is -1.11. The second-order valence-corrected chi connectivity index (χ2v) is 12.1.